The summed E-state index contributed by atoms with van der Waals surface area (Å²) in [5, 5.41) is 1.38. The van der Waals surface area contributed by atoms with Gasteiger partial charge in [-0.05, 0) is 36.8 Å². The molecule has 1 heterocycles. The summed E-state index contributed by atoms with van der Waals surface area (Å²) < 4.78 is 5.72. The second-order valence-electron chi connectivity index (χ2n) is 4.73. The molecule has 0 aliphatic heterocycles. The highest BCUT2D eigenvalue weighted by atomic mass is 35.5. The predicted octanol–water partition coefficient (Wildman–Crippen LogP) is 4.80. The Morgan fingerprint density at radius 3 is 2.71 bits per heavy atom. The summed E-state index contributed by atoms with van der Waals surface area (Å²) in [5.74, 6) is 0.739. The van der Waals surface area contributed by atoms with Crippen molar-refractivity contribution in [1.82, 2.24) is 4.98 Å². The van der Waals surface area contributed by atoms with E-state index >= 15 is 0 Å². The first-order chi connectivity index (χ1) is 10.2. The van der Waals surface area contributed by atoms with Crippen LogP contribution in [-0.2, 0) is 0 Å². The zero-order chi connectivity index (χ0) is 14.8. The van der Waals surface area contributed by atoms with Gasteiger partial charge in [-0.25, -0.2) is 4.98 Å². The Morgan fingerprint density at radius 2 is 1.95 bits per heavy atom. The van der Waals surface area contributed by atoms with Crippen LogP contribution in [0.4, 0.5) is 0 Å². The molecule has 0 saturated carbocycles. The second-order valence-corrected chi connectivity index (χ2v) is 5.14. The lowest BCUT2D eigenvalue weighted by molar-refractivity contribution is 0.112. The van der Waals surface area contributed by atoms with Crippen LogP contribution in [0.15, 0.2) is 48.5 Å². The molecule has 0 bridgehead atoms. The van der Waals surface area contributed by atoms with E-state index < -0.39 is 0 Å². The molecule has 0 N–H and O–H groups in total. The normalized spacial score (nSPS) is 10.6. The average Bonchev–Trinajstić information content (AvgIpc) is 2.49. The fraction of sp³-hybridized carbons (Fsp3) is 0.0588. The largest absolute Gasteiger partial charge is 0.437 e. The van der Waals surface area contributed by atoms with Gasteiger partial charge in [0.25, 0.3) is 0 Å². The number of hydrogen-bond donors (Lipinski definition) is 0. The van der Waals surface area contributed by atoms with Crippen LogP contribution in [0.25, 0.3) is 10.9 Å². The quantitative estimate of drug-likeness (QED) is 0.652. The molecule has 0 radical (unpaired) electrons. The van der Waals surface area contributed by atoms with Crippen molar-refractivity contribution >= 4 is 28.8 Å². The summed E-state index contributed by atoms with van der Waals surface area (Å²) >= 11 is 6.15. The van der Waals surface area contributed by atoms with Crippen molar-refractivity contribution in [3.63, 3.8) is 0 Å². The lowest BCUT2D eigenvalue weighted by Crippen LogP contribution is -1.95. The number of nitrogens with zero attached hydrogens (tertiary/aromatic N) is 1. The molecule has 0 aliphatic rings. The van der Waals surface area contributed by atoms with Gasteiger partial charge in [0.05, 0.1) is 16.1 Å². The van der Waals surface area contributed by atoms with Crippen molar-refractivity contribution in [2.45, 2.75) is 6.92 Å². The maximum atomic E-state index is 11.2. The molecule has 1 aromatic heterocycles. The molecule has 0 unspecified atom stereocenters. The third kappa shape index (κ3) is 2.73. The van der Waals surface area contributed by atoms with Crippen molar-refractivity contribution in [2.24, 2.45) is 0 Å². The van der Waals surface area contributed by atoms with E-state index in [9.17, 15) is 4.79 Å². The number of carbonyl (C=O) groups is 1. The summed E-state index contributed by atoms with van der Waals surface area (Å²) in [4.78, 5) is 15.6. The molecule has 2 aromatic carbocycles. The van der Waals surface area contributed by atoms with Crippen LogP contribution in [0.3, 0.4) is 0 Å². The van der Waals surface area contributed by atoms with E-state index in [1.807, 2.05) is 37.3 Å². The monoisotopic (exact) mass is 297 g/mol. The fourth-order valence-electron chi connectivity index (χ4n) is 2.07. The minimum Gasteiger partial charge on any atom is -0.437 e. The van der Waals surface area contributed by atoms with Crippen LogP contribution in [-0.4, -0.2) is 11.3 Å². The number of aldehydes is 1. The fourth-order valence-corrected chi connectivity index (χ4v) is 2.35. The first-order valence-corrected chi connectivity index (χ1v) is 6.84. The lowest BCUT2D eigenvalue weighted by atomic mass is 10.1. The third-order valence-corrected chi connectivity index (χ3v) is 3.43. The Balaban J connectivity index is 2.08. The van der Waals surface area contributed by atoms with E-state index in [-0.39, 0.29) is 5.88 Å². The molecule has 3 nitrogen and oxygen atoms in total. The minimum atomic E-state index is 0.259. The number of hydrogen-bond acceptors (Lipinski definition) is 3. The van der Waals surface area contributed by atoms with Gasteiger partial charge < -0.3 is 4.74 Å². The first-order valence-electron chi connectivity index (χ1n) is 6.46. The topological polar surface area (TPSA) is 39.2 Å². The van der Waals surface area contributed by atoms with Gasteiger partial charge >= 0.3 is 0 Å². The molecule has 104 valence electrons. The van der Waals surface area contributed by atoms with Crippen LogP contribution in [0.5, 0.6) is 11.6 Å². The molecule has 0 spiro atoms. The Morgan fingerprint density at radius 1 is 1.14 bits per heavy atom. The van der Waals surface area contributed by atoms with Crippen molar-refractivity contribution in [1.29, 1.82) is 0 Å². The van der Waals surface area contributed by atoms with Crippen molar-refractivity contribution in [2.75, 3.05) is 0 Å². The second kappa shape index (κ2) is 5.54. The van der Waals surface area contributed by atoms with E-state index in [1.54, 1.807) is 18.2 Å². The van der Waals surface area contributed by atoms with E-state index in [1.165, 1.54) is 0 Å². The zero-order valence-corrected chi connectivity index (χ0v) is 12.1. The van der Waals surface area contributed by atoms with Crippen molar-refractivity contribution < 1.29 is 9.53 Å². The van der Waals surface area contributed by atoms with Crippen LogP contribution in [0.1, 0.15) is 15.9 Å². The molecule has 0 aliphatic carbocycles. The molecule has 21 heavy (non-hydrogen) atoms. The van der Waals surface area contributed by atoms with Gasteiger partial charge in [-0.2, -0.15) is 0 Å². The maximum absolute atomic E-state index is 11.2. The van der Waals surface area contributed by atoms with Gasteiger partial charge in [0.1, 0.15) is 5.75 Å². The smallest absolute Gasteiger partial charge is 0.230 e. The van der Waals surface area contributed by atoms with E-state index in [0.29, 0.717) is 16.3 Å². The maximum Gasteiger partial charge on any atom is 0.230 e. The molecule has 3 rings (SSSR count). The highest BCUT2D eigenvalue weighted by Crippen LogP contribution is 2.31. The van der Waals surface area contributed by atoms with E-state index in [0.717, 1.165) is 22.8 Å². The summed E-state index contributed by atoms with van der Waals surface area (Å²) in [5.41, 5.74) is 2.20. The molecule has 0 amide bonds. The SMILES string of the molecule is Cc1ccc(Oc2nc3ccccc3cc2C=O)c(Cl)c1. The number of aryl methyl sites for hydroxylation is 1. The number of carbonyl (C=O) groups excluding carboxylic acids is 1. The number of pyridine rings is 1. The van der Waals surface area contributed by atoms with Gasteiger partial charge in [-0.3, -0.25) is 4.79 Å². The summed E-state index contributed by atoms with van der Waals surface area (Å²) in [7, 11) is 0. The minimum absolute atomic E-state index is 0.259. The number of halogens is 1. The predicted molar refractivity (Wildman–Crippen MR) is 83.4 cm³/mol. The molecule has 0 saturated heterocycles. The Bertz CT molecular complexity index is 830. The Kier molecular flexibility index (Phi) is 3.59. The van der Waals surface area contributed by atoms with Crippen LogP contribution in [0.2, 0.25) is 5.02 Å². The third-order valence-electron chi connectivity index (χ3n) is 3.14. The van der Waals surface area contributed by atoms with Crippen LogP contribution in [0, 0.1) is 6.92 Å². The van der Waals surface area contributed by atoms with Crippen LogP contribution < -0.4 is 4.74 Å². The number of para-hydroxylation sites is 1. The molecule has 0 fully saturated rings. The number of aromatic nitrogens is 1. The summed E-state index contributed by atoms with van der Waals surface area (Å²) in [6, 6.07) is 14.8. The number of fused-ring (bicyclic) bond motifs is 1. The zero-order valence-electron chi connectivity index (χ0n) is 11.3. The highest BCUT2D eigenvalue weighted by Gasteiger charge is 2.11. The lowest BCUT2D eigenvalue weighted by Gasteiger charge is -2.10. The van der Waals surface area contributed by atoms with Gasteiger partial charge in [-0.15, -0.1) is 0 Å². The summed E-state index contributed by atoms with van der Waals surface area (Å²) in [6.45, 7) is 1.95. The van der Waals surface area contributed by atoms with E-state index in [4.69, 9.17) is 16.3 Å². The van der Waals surface area contributed by atoms with Gasteiger partial charge in [0.2, 0.25) is 5.88 Å². The van der Waals surface area contributed by atoms with Crippen molar-refractivity contribution in [3.8, 4) is 11.6 Å². The Hall–Kier alpha value is -2.39. The molecular formula is C17H12ClNO2. The van der Waals surface area contributed by atoms with Gasteiger partial charge in [-0.1, -0.05) is 35.9 Å². The first kappa shape index (κ1) is 13.6. The van der Waals surface area contributed by atoms with Crippen molar-refractivity contribution in [3.05, 3.63) is 64.7 Å². The van der Waals surface area contributed by atoms with Gasteiger partial charge in [0, 0.05) is 5.39 Å². The number of rotatable bonds is 3. The average molecular weight is 298 g/mol. The standard InChI is InChI=1S/C17H12ClNO2/c1-11-6-7-16(14(18)8-11)21-17-13(10-20)9-12-4-2-3-5-15(12)19-17/h2-10H,1H3. The molecule has 0 atom stereocenters. The molecular weight excluding hydrogens is 286 g/mol. The number of ether oxygens (including phenoxy) is 1. The number of benzene rings is 2. The Labute approximate surface area is 127 Å². The molecule has 4 heteroatoms. The summed E-state index contributed by atoms with van der Waals surface area (Å²) in [6.07, 6.45) is 0.733. The molecule has 3 aromatic rings. The highest BCUT2D eigenvalue weighted by molar-refractivity contribution is 6.32. The van der Waals surface area contributed by atoms with Gasteiger partial charge in [0.15, 0.2) is 6.29 Å². The van der Waals surface area contributed by atoms with E-state index in [2.05, 4.69) is 4.98 Å². The van der Waals surface area contributed by atoms with Crippen LogP contribution >= 0.6 is 11.6 Å².